The Morgan fingerprint density at radius 2 is 2.09 bits per heavy atom. The quantitative estimate of drug-likeness (QED) is 0.730. The van der Waals surface area contributed by atoms with Crippen LogP contribution in [0.25, 0.3) is 0 Å². The first kappa shape index (κ1) is 20.6. The van der Waals surface area contributed by atoms with E-state index in [1.54, 1.807) is 11.3 Å². The van der Waals surface area contributed by atoms with Crippen LogP contribution in [0.2, 0.25) is 0 Å². The number of ether oxygens (including phenoxy) is 1. The summed E-state index contributed by atoms with van der Waals surface area (Å²) in [6.07, 6.45) is 7.06. The number of rotatable bonds is 4. The summed E-state index contributed by atoms with van der Waals surface area (Å²) in [7, 11) is 0. The Morgan fingerprint density at radius 3 is 2.81 bits per heavy atom. The van der Waals surface area contributed by atoms with Crippen molar-refractivity contribution >= 4 is 28.2 Å². The van der Waals surface area contributed by atoms with E-state index in [4.69, 9.17) is 9.72 Å². The molecular formula is C24H30N4O3S. The van der Waals surface area contributed by atoms with Gasteiger partial charge in [-0.05, 0) is 69.4 Å². The number of amides is 1. The molecule has 1 aliphatic heterocycles. The number of hydrogen-bond donors (Lipinski definition) is 2. The molecule has 5 aliphatic rings. The highest BCUT2D eigenvalue weighted by molar-refractivity contribution is 7.15. The standard InChI is InChI=1S/C24H30N4O3S/c1-15-12-25-22(32-15)27-20-4-2-3-18(26-20)19-13-28(5-6-31-19)21(29)23-8-16-7-17(9-23)11-24(30,10-16)14-23/h2-4,12,16-17,19,30H,5-11,13-14H2,1H3,(H,25,26,27). The lowest BCUT2D eigenvalue weighted by Crippen LogP contribution is -2.61. The number of hydrogen-bond acceptors (Lipinski definition) is 7. The van der Waals surface area contributed by atoms with Crippen LogP contribution in [0.1, 0.15) is 55.2 Å². The topological polar surface area (TPSA) is 87.6 Å². The number of nitrogens with one attached hydrogen (secondary N) is 1. The monoisotopic (exact) mass is 454 g/mol. The first-order valence-corrected chi connectivity index (χ1v) is 12.5. The Balaban J connectivity index is 1.19. The number of aliphatic hydroxyl groups is 1. The van der Waals surface area contributed by atoms with Crippen molar-refractivity contribution in [2.75, 3.05) is 25.0 Å². The maximum absolute atomic E-state index is 13.8. The minimum absolute atomic E-state index is 0.228. The number of carbonyl (C=O) groups excluding carboxylic acids is 1. The zero-order valence-corrected chi connectivity index (χ0v) is 19.2. The van der Waals surface area contributed by atoms with Crippen molar-refractivity contribution in [3.8, 4) is 0 Å². The molecule has 1 amide bonds. The Kier molecular flexibility index (Phi) is 4.82. The predicted octanol–water partition coefficient (Wildman–Crippen LogP) is 3.82. The van der Waals surface area contributed by atoms with Gasteiger partial charge in [0.1, 0.15) is 11.9 Å². The Hall–Kier alpha value is -2.03. The number of anilines is 2. The first-order chi connectivity index (χ1) is 15.4. The Labute approximate surface area is 192 Å². The molecule has 0 spiro atoms. The van der Waals surface area contributed by atoms with Crippen LogP contribution in [-0.4, -0.2) is 51.2 Å². The minimum atomic E-state index is -0.624. The van der Waals surface area contributed by atoms with Gasteiger partial charge in [-0.3, -0.25) is 4.79 Å². The molecule has 4 bridgehead atoms. The highest BCUT2D eigenvalue weighted by atomic mass is 32.1. The van der Waals surface area contributed by atoms with E-state index >= 15 is 0 Å². The third-order valence-electron chi connectivity index (χ3n) is 7.79. The van der Waals surface area contributed by atoms with Gasteiger partial charge in [0.2, 0.25) is 5.91 Å². The van der Waals surface area contributed by atoms with Gasteiger partial charge >= 0.3 is 0 Å². The van der Waals surface area contributed by atoms with Crippen LogP contribution in [0.3, 0.4) is 0 Å². The zero-order valence-electron chi connectivity index (χ0n) is 18.4. The van der Waals surface area contributed by atoms with E-state index in [-0.39, 0.29) is 17.4 Å². The van der Waals surface area contributed by atoms with Gasteiger partial charge in [0.15, 0.2) is 5.13 Å². The molecule has 2 N–H and O–H groups in total. The van der Waals surface area contributed by atoms with E-state index < -0.39 is 5.60 Å². The molecule has 3 heterocycles. The van der Waals surface area contributed by atoms with E-state index in [2.05, 4.69) is 10.3 Å². The first-order valence-electron chi connectivity index (χ1n) is 11.7. The molecule has 8 heteroatoms. The fourth-order valence-corrected chi connectivity index (χ4v) is 7.71. The number of morpholine rings is 1. The molecule has 2 aromatic rings. The van der Waals surface area contributed by atoms with Gasteiger partial charge in [-0.1, -0.05) is 6.07 Å². The van der Waals surface area contributed by atoms with E-state index in [0.717, 1.165) is 47.2 Å². The predicted molar refractivity (Wildman–Crippen MR) is 122 cm³/mol. The van der Waals surface area contributed by atoms with Crippen molar-refractivity contribution in [3.05, 3.63) is 35.0 Å². The summed E-state index contributed by atoms with van der Waals surface area (Å²) in [5.41, 5.74) is -0.175. The van der Waals surface area contributed by atoms with E-state index in [9.17, 15) is 9.90 Å². The molecule has 2 aromatic heterocycles. The summed E-state index contributed by atoms with van der Waals surface area (Å²) in [6.45, 7) is 3.66. The van der Waals surface area contributed by atoms with Crippen LogP contribution in [0.15, 0.2) is 24.4 Å². The van der Waals surface area contributed by atoms with Crippen LogP contribution >= 0.6 is 11.3 Å². The number of carbonyl (C=O) groups is 1. The second-order valence-corrected chi connectivity index (χ2v) is 11.7. The summed E-state index contributed by atoms with van der Waals surface area (Å²) in [4.78, 5) is 26.0. The maximum atomic E-state index is 13.8. The highest BCUT2D eigenvalue weighted by Gasteiger charge is 2.61. The van der Waals surface area contributed by atoms with E-state index in [1.807, 2.05) is 36.2 Å². The molecule has 3 atom stereocenters. The normalized spacial score (nSPS) is 35.8. The fourth-order valence-electron chi connectivity index (χ4n) is 7.03. The molecule has 4 saturated carbocycles. The lowest BCUT2D eigenvalue weighted by molar-refractivity contribution is -0.190. The molecule has 32 heavy (non-hydrogen) atoms. The number of aromatic nitrogens is 2. The SMILES string of the molecule is Cc1cnc(Nc2cccc(C3CN(C(=O)C45CC6CC(CC(O)(C6)C4)C5)CCO3)n2)s1. The van der Waals surface area contributed by atoms with Crippen molar-refractivity contribution in [3.63, 3.8) is 0 Å². The lowest BCUT2D eigenvalue weighted by Gasteiger charge is -2.60. The average Bonchev–Trinajstić information content (AvgIpc) is 3.16. The van der Waals surface area contributed by atoms with Gasteiger partial charge < -0.3 is 20.1 Å². The number of nitrogens with zero attached hydrogens (tertiary/aromatic N) is 3. The summed E-state index contributed by atoms with van der Waals surface area (Å²) in [6, 6.07) is 5.84. The molecule has 4 aliphatic carbocycles. The average molecular weight is 455 g/mol. The van der Waals surface area contributed by atoms with Crippen LogP contribution in [0, 0.1) is 24.2 Å². The Bertz CT molecular complexity index is 1030. The minimum Gasteiger partial charge on any atom is -0.390 e. The smallest absolute Gasteiger partial charge is 0.229 e. The number of aryl methyl sites for hydroxylation is 1. The largest absolute Gasteiger partial charge is 0.390 e. The second-order valence-electron chi connectivity index (χ2n) is 10.4. The lowest BCUT2D eigenvalue weighted by atomic mass is 9.47. The van der Waals surface area contributed by atoms with Crippen molar-refractivity contribution in [1.82, 2.24) is 14.9 Å². The van der Waals surface area contributed by atoms with Crippen LogP contribution < -0.4 is 5.32 Å². The molecule has 3 unspecified atom stereocenters. The van der Waals surface area contributed by atoms with Gasteiger partial charge in [0.25, 0.3) is 0 Å². The van der Waals surface area contributed by atoms with E-state index in [0.29, 0.717) is 38.0 Å². The number of pyridine rings is 1. The van der Waals surface area contributed by atoms with Crippen LogP contribution in [-0.2, 0) is 9.53 Å². The molecule has 5 fully saturated rings. The summed E-state index contributed by atoms with van der Waals surface area (Å²) in [5.74, 6) is 1.96. The van der Waals surface area contributed by atoms with Crippen molar-refractivity contribution in [1.29, 1.82) is 0 Å². The molecule has 7 rings (SSSR count). The molecule has 170 valence electrons. The fraction of sp³-hybridized carbons (Fsp3) is 0.625. The zero-order chi connectivity index (χ0) is 21.9. The van der Waals surface area contributed by atoms with Gasteiger partial charge in [0, 0.05) is 17.6 Å². The van der Waals surface area contributed by atoms with Crippen molar-refractivity contribution < 1.29 is 14.6 Å². The summed E-state index contributed by atoms with van der Waals surface area (Å²) >= 11 is 1.59. The Morgan fingerprint density at radius 1 is 1.28 bits per heavy atom. The third kappa shape index (κ3) is 3.62. The molecule has 1 saturated heterocycles. The molecule has 0 radical (unpaired) electrons. The highest BCUT2D eigenvalue weighted by Crippen LogP contribution is 2.62. The van der Waals surface area contributed by atoms with Gasteiger partial charge in [0.05, 0.1) is 29.9 Å². The van der Waals surface area contributed by atoms with Crippen molar-refractivity contribution in [2.45, 2.75) is 57.2 Å². The molecule has 0 aromatic carbocycles. The van der Waals surface area contributed by atoms with Crippen LogP contribution in [0.5, 0.6) is 0 Å². The number of thiazole rings is 1. The summed E-state index contributed by atoms with van der Waals surface area (Å²) in [5, 5.41) is 15.2. The van der Waals surface area contributed by atoms with Crippen molar-refractivity contribution in [2.24, 2.45) is 17.3 Å². The molecule has 7 nitrogen and oxygen atoms in total. The van der Waals surface area contributed by atoms with Gasteiger partial charge in [-0.2, -0.15) is 0 Å². The van der Waals surface area contributed by atoms with Crippen LogP contribution in [0.4, 0.5) is 10.9 Å². The summed E-state index contributed by atoms with van der Waals surface area (Å²) < 4.78 is 6.05. The third-order valence-corrected chi connectivity index (χ3v) is 8.62. The maximum Gasteiger partial charge on any atom is 0.229 e. The molecular weight excluding hydrogens is 424 g/mol. The van der Waals surface area contributed by atoms with Gasteiger partial charge in [-0.15, -0.1) is 11.3 Å². The van der Waals surface area contributed by atoms with Gasteiger partial charge in [-0.25, -0.2) is 9.97 Å². The second kappa shape index (κ2) is 7.50. The van der Waals surface area contributed by atoms with E-state index in [1.165, 1.54) is 6.42 Å².